The van der Waals surface area contributed by atoms with E-state index in [-0.39, 0.29) is 23.7 Å². The normalized spacial score (nSPS) is 24.0. The average molecular weight is 347 g/mol. The Morgan fingerprint density at radius 2 is 2.05 bits per heavy atom. The molecule has 1 heterocycles. The van der Waals surface area contributed by atoms with E-state index in [1.807, 2.05) is 0 Å². The Kier molecular flexibility index (Phi) is 5.64. The first-order valence-corrected chi connectivity index (χ1v) is 10.7. The molecule has 0 aromatic rings. The van der Waals surface area contributed by atoms with Crippen LogP contribution in [-0.4, -0.2) is 61.1 Å². The maximum absolute atomic E-state index is 12.5. The lowest BCUT2D eigenvalue weighted by atomic mass is 10.3. The number of nitrogens with two attached hydrogens (primary N) is 1. The van der Waals surface area contributed by atoms with Crippen LogP contribution in [0.5, 0.6) is 0 Å². The second-order valence-electron chi connectivity index (χ2n) is 4.31. The van der Waals surface area contributed by atoms with Gasteiger partial charge in [-0.2, -0.15) is 16.1 Å². The lowest BCUT2D eigenvalue weighted by Crippen LogP contribution is -2.54. The molecule has 1 saturated heterocycles. The minimum Gasteiger partial charge on any atom is -0.392 e. The van der Waals surface area contributed by atoms with E-state index < -0.39 is 30.5 Å². The summed E-state index contributed by atoms with van der Waals surface area (Å²) in [6.45, 7) is 1.83. The Hall–Kier alpha value is 0.1000. The smallest absolute Gasteiger partial charge is 0.224 e. The van der Waals surface area contributed by atoms with Crippen LogP contribution in [0.3, 0.4) is 0 Å². The summed E-state index contributed by atoms with van der Waals surface area (Å²) in [5.41, 5.74) is 5.47. The number of sulfonamides is 1. The largest absolute Gasteiger partial charge is 0.392 e. The maximum Gasteiger partial charge on any atom is 0.224 e. The van der Waals surface area contributed by atoms with Crippen molar-refractivity contribution >= 4 is 48.8 Å². The van der Waals surface area contributed by atoms with Crippen molar-refractivity contribution in [3.05, 3.63) is 0 Å². The van der Waals surface area contributed by atoms with Gasteiger partial charge in [-0.05, 0) is 6.42 Å². The standard InChI is InChI=1S/C9H18N2O4S4/c1-3-7(9(10)16)19(14,15)11-4-5-17-6-8(11)18(2,12)13/h7-8H,3-6H2,1-2H3,(H2,10,16). The molecule has 10 heteroatoms. The molecule has 112 valence electrons. The molecule has 0 aromatic heterocycles. The van der Waals surface area contributed by atoms with Gasteiger partial charge in [0.2, 0.25) is 10.0 Å². The number of nitrogens with zero attached hydrogens (tertiary/aromatic N) is 1. The monoisotopic (exact) mass is 346 g/mol. The van der Waals surface area contributed by atoms with Crippen molar-refractivity contribution in [1.29, 1.82) is 0 Å². The minimum atomic E-state index is -3.83. The highest BCUT2D eigenvalue weighted by atomic mass is 32.2. The second kappa shape index (κ2) is 6.25. The lowest BCUT2D eigenvalue weighted by Gasteiger charge is -2.35. The van der Waals surface area contributed by atoms with E-state index in [4.69, 9.17) is 18.0 Å². The first-order chi connectivity index (χ1) is 8.62. The first-order valence-electron chi connectivity index (χ1n) is 5.69. The van der Waals surface area contributed by atoms with Crippen molar-refractivity contribution in [2.24, 2.45) is 5.73 Å². The van der Waals surface area contributed by atoms with Gasteiger partial charge >= 0.3 is 0 Å². The zero-order valence-electron chi connectivity index (χ0n) is 10.8. The Bertz CT molecular complexity index is 543. The van der Waals surface area contributed by atoms with Crippen molar-refractivity contribution in [2.45, 2.75) is 24.0 Å². The Labute approximate surface area is 124 Å². The van der Waals surface area contributed by atoms with Gasteiger partial charge < -0.3 is 5.73 Å². The van der Waals surface area contributed by atoms with Gasteiger partial charge in [0.05, 0.1) is 4.99 Å². The lowest BCUT2D eigenvalue weighted by molar-refractivity contribution is 0.401. The fourth-order valence-electron chi connectivity index (χ4n) is 1.92. The van der Waals surface area contributed by atoms with E-state index in [1.165, 1.54) is 11.8 Å². The summed E-state index contributed by atoms with van der Waals surface area (Å²) in [5.74, 6) is 0.810. The van der Waals surface area contributed by atoms with Crippen LogP contribution >= 0.6 is 24.0 Å². The third kappa shape index (κ3) is 3.81. The minimum absolute atomic E-state index is 0.118. The first kappa shape index (κ1) is 17.2. The molecule has 0 saturated carbocycles. The van der Waals surface area contributed by atoms with E-state index in [2.05, 4.69) is 0 Å². The average Bonchev–Trinajstić information content (AvgIpc) is 2.27. The van der Waals surface area contributed by atoms with E-state index >= 15 is 0 Å². The summed E-state index contributed by atoms with van der Waals surface area (Å²) in [6, 6.07) is 0. The van der Waals surface area contributed by atoms with Crippen LogP contribution in [0, 0.1) is 0 Å². The molecule has 19 heavy (non-hydrogen) atoms. The van der Waals surface area contributed by atoms with Gasteiger partial charge in [-0.3, -0.25) is 0 Å². The number of rotatable bonds is 5. The summed E-state index contributed by atoms with van der Waals surface area (Å²) >= 11 is 6.21. The van der Waals surface area contributed by atoms with Crippen LogP contribution in [0.1, 0.15) is 13.3 Å². The van der Waals surface area contributed by atoms with Gasteiger partial charge in [0.25, 0.3) is 0 Å². The van der Waals surface area contributed by atoms with Crippen LogP contribution < -0.4 is 5.73 Å². The van der Waals surface area contributed by atoms with E-state index in [0.717, 1.165) is 10.6 Å². The van der Waals surface area contributed by atoms with E-state index in [1.54, 1.807) is 6.92 Å². The molecule has 1 fully saturated rings. The highest BCUT2D eigenvalue weighted by Crippen LogP contribution is 2.26. The van der Waals surface area contributed by atoms with Crippen LogP contribution in [0.4, 0.5) is 0 Å². The zero-order valence-corrected chi connectivity index (χ0v) is 14.0. The third-order valence-corrected chi connectivity index (χ3v) is 8.51. The Morgan fingerprint density at radius 1 is 1.47 bits per heavy atom. The molecule has 1 aliphatic heterocycles. The second-order valence-corrected chi connectivity index (χ2v) is 10.2. The molecule has 0 radical (unpaired) electrons. The predicted molar refractivity (Wildman–Crippen MR) is 82.4 cm³/mol. The van der Waals surface area contributed by atoms with Crippen LogP contribution in [0.25, 0.3) is 0 Å². The van der Waals surface area contributed by atoms with Gasteiger partial charge in [-0.25, -0.2) is 16.8 Å². The van der Waals surface area contributed by atoms with Gasteiger partial charge in [0.1, 0.15) is 10.6 Å². The highest BCUT2D eigenvalue weighted by molar-refractivity contribution is 8.01. The summed E-state index contributed by atoms with van der Waals surface area (Å²) in [7, 11) is -7.31. The van der Waals surface area contributed by atoms with Crippen molar-refractivity contribution in [3.63, 3.8) is 0 Å². The third-order valence-electron chi connectivity index (χ3n) is 2.91. The fourth-order valence-corrected chi connectivity index (χ4v) is 7.96. The van der Waals surface area contributed by atoms with E-state index in [0.29, 0.717) is 5.75 Å². The fraction of sp³-hybridized carbons (Fsp3) is 0.889. The Balaban J connectivity index is 3.20. The predicted octanol–water partition coefficient (Wildman–Crippen LogP) is -0.200. The molecule has 6 nitrogen and oxygen atoms in total. The molecule has 2 N–H and O–H groups in total. The number of thiocarbonyl (C=S) groups is 1. The quantitative estimate of drug-likeness (QED) is 0.688. The van der Waals surface area contributed by atoms with Crippen LogP contribution in [0.2, 0.25) is 0 Å². The van der Waals surface area contributed by atoms with Crippen molar-refractivity contribution in [3.8, 4) is 0 Å². The molecule has 2 atom stereocenters. The van der Waals surface area contributed by atoms with Crippen molar-refractivity contribution < 1.29 is 16.8 Å². The van der Waals surface area contributed by atoms with Gasteiger partial charge in [-0.1, -0.05) is 19.1 Å². The van der Waals surface area contributed by atoms with Crippen molar-refractivity contribution in [1.82, 2.24) is 4.31 Å². The summed E-state index contributed by atoms with van der Waals surface area (Å²) in [5, 5.41) is -2.03. The number of hydrogen-bond donors (Lipinski definition) is 1. The molecule has 1 rings (SSSR count). The number of thioether (sulfide) groups is 1. The molecule has 0 bridgehead atoms. The van der Waals surface area contributed by atoms with Crippen molar-refractivity contribution in [2.75, 3.05) is 24.3 Å². The van der Waals surface area contributed by atoms with Gasteiger partial charge in [0.15, 0.2) is 9.84 Å². The van der Waals surface area contributed by atoms with E-state index in [9.17, 15) is 16.8 Å². The molecule has 2 unspecified atom stereocenters. The molecule has 0 aromatic carbocycles. The molecule has 0 amide bonds. The SMILES string of the molecule is CCC(C(N)=S)S(=O)(=O)N1CCSCC1S(C)(=O)=O. The number of hydrogen-bond acceptors (Lipinski definition) is 6. The van der Waals surface area contributed by atoms with Crippen LogP contribution in [-0.2, 0) is 19.9 Å². The number of sulfone groups is 1. The molecular formula is C9H18N2O4S4. The molecular weight excluding hydrogens is 328 g/mol. The maximum atomic E-state index is 12.5. The molecule has 0 aliphatic carbocycles. The highest BCUT2D eigenvalue weighted by Gasteiger charge is 2.42. The molecule has 1 aliphatic rings. The zero-order chi connectivity index (χ0) is 14.8. The van der Waals surface area contributed by atoms with Gasteiger partial charge in [-0.15, -0.1) is 0 Å². The van der Waals surface area contributed by atoms with Crippen LogP contribution in [0.15, 0.2) is 0 Å². The summed E-state index contributed by atoms with van der Waals surface area (Å²) in [6.07, 6.45) is 1.28. The summed E-state index contributed by atoms with van der Waals surface area (Å²) in [4.78, 5) is -0.118. The summed E-state index contributed by atoms with van der Waals surface area (Å²) < 4.78 is 49.5. The Morgan fingerprint density at radius 3 is 2.47 bits per heavy atom. The van der Waals surface area contributed by atoms with Gasteiger partial charge in [0, 0.05) is 24.3 Å². The molecule has 0 spiro atoms. The topological polar surface area (TPSA) is 97.5 Å².